The Bertz CT molecular complexity index is 1120. The van der Waals surface area contributed by atoms with Crippen LogP contribution < -0.4 is 0 Å². The topological polar surface area (TPSA) is 0 Å². The molecule has 31 heavy (non-hydrogen) atoms. The van der Waals surface area contributed by atoms with E-state index in [2.05, 4.69) is 6.08 Å². The van der Waals surface area contributed by atoms with E-state index < -0.39 is 23.4 Å². The van der Waals surface area contributed by atoms with Gasteiger partial charge >= 0.3 is 6.18 Å². The van der Waals surface area contributed by atoms with Gasteiger partial charge in [0.1, 0.15) is 5.82 Å². The van der Waals surface area contributed by atoms with Crippen molar-refractivity contribution in [2.75, 3.05) is 0 Å². The highest BCUT2D eigenvalue weighted by Crippen LogP contribution is 2.43. The smallest absolute Gasteiger partial charge is 0.205 e. The molecule has 2 aromatic carbocycles. The third kappa shape index (κ3) is 4.36. The maximum Gasteiger partial charge on any atom is 0.419 e. The van der Waals surface area contributed by atoms with Crippen LogP contribution in [0.15, 0.2) is 30.3 Å². The van der Waals surface area contributed by atoms with Crippen molar-refractivity contribution in [3.05, 3.63) is 53.1 Å². The molecule has 0 saturated heterocycles. The summed E-state index contributed by atoms with van der Waals surface area (Å²) in [6.45, 7) is 2.04. The summed E-state index contributed by atoms with van der Waals surface area (Å²) >= 11 is 0.762. The standard InChI is InChI=1S/C25H25F5S/c1-2-6-16(10-5-9-15-7-3-4-8-15)17-11-12-18-19-13-14-20(25(28,29)30)22(27)24(19)31-23(18)21(17)26/h10-15H,2-9H2,1H3/b16-10+. The molecule has 0 amide bonds. The molecule has 1 aliphatic rings. The molecular weight excluding hydrogens is 427 g/mol. The van der Waals surface area contributed by atoms with E-state index in [9.17, 15) is 17.6 Å². The molecular formula is C25H25F5S. The quantitative estimate of drug-likeness (QED) is 0.327. The second-order valence-corrected chi connectivity index (χ2v) is 9.44. The van der Waals surface area contributed by atoms with Crippen LogP contribution in [0.2, 0.25) is 0 Å². The Hall–Kier alpha value is -1.95. The van der Waals surface area contributed by atoms with Gasteiger partial charge in [-0.1, -0.05) is 63.3 Å². The summed E-state index contributed by atoms with van der Waals surface area (Å²) in [6.07, 6.45) is 6.04. The van der Waals surface area contributed by atoms with Crippen molar-refractivity contribution in [1.29, 1.82) is 0 Å². The second-order valence-electron chi connectivity index (χ2n) is 8.41. The van der Waals surface area contributed by atoms with Crippen molar-refractivity contribution in [3.63, 3.8) is 0 Å². The molecule has 6 heteroatoms. The number of thiophene rings is 1. The fraction of sp³-hybridized carbons (Fsp3) is 0.440. The number of rotatable bonds is 6. The Morgan fingerprint density at radius 1 is 1.00 bits per heavy atom. The molecule has 0 nitrogen and oxygen atoms in total. The van der Waals surface area contributed by atoms with Crippen molar-refractivity contribution in [2.24, 2.45) is 5.92 Å². The molecule has 1 saturated carbocycles. The maximum absolute atomic E-state index is 15.5. The Morgan fingerprint density at radius 3 is 2.29 bits per heavy atom. The van der Waals surface area contributed by atoms with Crippen LogP contribution >= 0.6 is 11.3 Å². The predicted molar refractivity (Wildman–Crippen MR) is 118 cm³/mol. The Morgan fingerprint density at radius 2 is 1.65 bits per heavy atom. The van der Waals surface area contributed by atoms with Gasteiger partial charge in [-0.2, -0.15) is 13.2 Å². The Labute approximate surface area is 182 Å². The van der Waals surface area contributed by atoms with Crippen LogP contribution in [-0.2, 0) is 6.18 Å². The van der Waals surface area contributed by atoms with Crippen LogP contribution in [0.5, 0.6) is 0 Å². The number of benzene rings is 2. The molecule has 1 fully saturated rings. The molecule has 1 aliphatic carbocycles. The average molecular weight is 453 g/mol. The summed E-state index contributed by atoms with van der Waals surface area (Å²) in [5, 5.41) is 0.772. The highest BCUT2D eigenvalue weighted by atomic mass is 32.1. The third-order valence-electron chi connectivity index (χ3n) is 6.30. The van der Waals surface area contributed by atoms with E-state index in [1.54, 1.807) is 12.1 Å². The summed E-state index contributed by atoms with van der Waals surface area (Å²) in [4.78, 5) is 0. The molecule has 166 valence electrons. The van der Waals surface area contributed by atoms with Gasteiger partial charge in [0.05, 0.1) is 15.0 Å². The van der Waals surface area contributed by atoms with Gasteiger partial charge in [0.25, 0.3) is 0 Å². The molecule has 1 heterocycles. The van der Waals surface area contributed by atoms with Gasteiger partial charge in [0.15, 0.2) is 5.82 Å². The number of allylic oxidation sites excluding steroid dienone is 2. The monoisotopic (exact) mass is 452 g/mol. The minimum absolute atomic E-state index is 0.150. The predicted octanol–water partition coefficient (Wildman–Crippen LogP) is 9.51. The lowest BCUT2D eigenvalue weighted by molar-refractivity contribution is -0.139. The molecule has 0 spiro atoms. The first-order chi connectivity index (χ1) is 14.8. The lowest BCUT2D eigenvalue weighted by Gasteiger charge is -2.11. The number of fused-ring (bicyclic) bond motifs is 3. The SMILES string of the molecule is CCC/C(=C\CCC1CCCC1)c1ccc2c(sc3c(F)c(C(F)(F)F)ccc32)c1F. The summed E-state index contributed by atoms with van der Waals surface area (Å²) in [5.41, 5.74) is 0.0863. The highest BCUT2D eigenvalue weighted by molar-refractivity contribution is 7.25. The lowest BCUT2D eigenvalue weighted by Crippen LogP contribution is -2.07. The normalized spacial score (nSPS) is 16.1. The fourth-order valence-corrected chi connectivity index (χ4v) is 5.89. The van der Waals surface area contributed by atoms with Crippen molar-refractivity contribution >= 4 is 37.1 Å². The molecule has 4 rings (SSSR count). The first-order valence-corrected chi connectivity index (χ1v) is 11.7. The van der Waals surface area contributed by atoms with Crippen molar-refractivity contribution in [3.8, 4) is 0 Å². The zero-order valence-corrected chi connectivity index (χ0v) is 18.2. The van der Waals surface area contributed by atoms with E-state index in [1.807, 2.05) is 6.92 Å². The first-order valence-electron chi connectivity index (χ1n) is 10.9. The molecule has 0 N–H and O–H groups in total. The van der Waals surface area contributed by atoms with Gasteiger partial charge in [-0.05, 0) is 36.8 Å². The molecule has 0 aliphatic heterocycles. The number of alkyl halides is 3. The van der Waals surface area contributed by atoms with Gasteiger partial charge in [0, 0.05) is 16.3 Å². The number of hydrogen-bond donors (Lipinski definition) is 0. The van der Waals surface area contributed by atoms with Crippen molar-refractivity contribution in [1.82, 2.24) is 0 Å². The van der Waals surface area contributed by atoms with E-state index in [0.717, 1.165) is 54.6 Å². The van der Waals surface area contributed by atoms with Gasteiger partial charge in [-0.15, -0.1) is 11.3 Å². The molecule has 0 bridgehead atoms. The van der Waals surface area contributed by atoms with Gasteiger partial charge in [0.2, 0.25) is 0 Å². The van der Waals surface area contributed by atoms with Crippen LogP contribution in [0.4, 0.5) is 22.0 Å². The molecule has 0 atom stereocenters. The van der Waals surface area contributed by atoms with Crippen molar-refractivity contribution < 1.29 is 22.0 Å². The van der Waals surface area contributed by atoms with Gasteiger partial charge in [-0.25, -0.2) is 8.78 Å². The van der Waals surface area contributed by atoms with Crippen LogP contribution in [0.3, 0.4) is 0 Å². The van der Waals surface area contributed by atoms with Crippen LogP contribution in [0, 0.1) is 17.6 Å². The Balaban J connectivity index is 1.74. The van der Waals surface area contributed by atoms with Crippen LogP contribution in [0.25, 0.3) is 25.7 Å². The van der Waals surface area contributed by atoms with E-state index in [1.165, 1.54) is 31.7 Å². The average Bonchev–Trinajstić information content (AvgIpc) is 3.36. The molecule has 0 radical (unpaired) electrons. The first kappa shape index (κ1) is 22.3. The van der Waals surface area contributed by atoms with Gasteiger partial charge in [-0.3, -0.25) is 0 Å². The fourth-order valence-electron chi connectivity index (χ4n) is 4.71. The lowest BCUT2D eigenvalue weighted by atomic mass is 9.95. The number of halogens is 5. The van der Waals surface area contributed by atoms with E-state index in [0.29, 0.717) is 16.3 Å². The summed E-state index contributed by atoms with van der Waals surface area (Å²) in [5.74, 6) is -1.04. The minimum Gasteiger partial charge on any atom is -0.205 e. The number of hydrogen-bond acceptors (Lipinski definition) is 1. The van der Waals surface area contributed by atoms with Crippen molar-refractivity contribution in [2.45, 2.75) is 64.5 Å². The zero-order valence-electron chi connectivity index (χ0n) is 17.4. The summed E-state index contributed by atoms with van der Waals surface area (Å²) in [6, 6.07) is 5.38. The Kier molecular flexibility index (Phi) is 6.38. The maximum atomic E-state index is 15.5. The third-order valence-corrected chi connectivity index (χ3v) is 7.51. The van der Waals surface area contributed by atoms with Crippen LogP contribution in [-0.4, -0.2) is 0 Å². The van der Waals surface area contributed by atoms with Crippen LogP contribution in [0.1, 0.15) is 69.4 Å². The molecule has 1 aromatic heterocycles. The highest BCUT2D eigenvalue weighted by Gasteiger charge is 2.35. The minimum atomic E-state index is -4.78. The van der Waals surface area contributed by atoms with E-state index >= 15 is 4.39 Å². The van der Waals surface area contributed by atoms with Gasteiger partial charge < -0.3 is 0 Å². The molecule has 0 unspecified atom stereocenters. The summed E-state index contributed by atoms with van der Waals surface area (Å²) in [7, 11) is 0. The van der Waals surface area contributed by atoms with E-state index in [4.69, 9.17) is 0 Å². The second kappa shape index (κ2) is 8.89. The molecule has 3 aromatic rings. The summed E-state index contributed by atoms with van der Waals surface area (Å²) < 4.78 is 69.4. The largest absolute Gasteiger partial charge is 0.419 e. The zero-order chi connectivity index (χ0) is 22.2. The van der Waals surface area contributed by atoms with E-state index in [-0.39, 0.29) is 9.40 Å².